The first kappa shape index (κ1) is 19.3. The zero-order valence-electron chi connectivity index (χ0n) is 16.8. The molecule has 0 radical (unpaired) electrons. The molecule has 4 heterocycles. The number of carbonyl (C=O) groups is 1. The van der Waals surface area contributed by atoms with Gasteiger partial charge in [-0.3, -0.25) is 9.59 Å². The number of hydrogen-bond acceptors (Lipinski definition) is 7. The summed E-state index contributed by atoms with van der Waals surface area (Å²) in [5, 5.41) is 8.37. The zero-order valence-corrected chi connectivity index (χ0v) is 17.6. The molecule has 158 valence electrons. The van der Waals surface area contributed by atoms with Gasteiger partial charge in [-0.15, -0.1) is 5.10 Å². The average Bonchev–Trinajstić information content (AvgIpc) is 3.44. The van der Waals surface area contributed by atoms with Gasteiger partial charge in [-0.1, -0.05) is 11.3 Å². The summed E-state index contributed by atoms with van der Waals surface area (Å²) in [6.07, 6.45) is 7.90. The summed E-state index contributed by atoms with van der Waals surface area (Å²) in [5.41, 5.74) is 1.73. The lowest BCUT2D eigenvalue weighted by molar-refractivity contribution is -0.125. The Morgan fingerprint density at radius 1 is 1.30 bits per heavy atom. The summed E-state index contributed by atoms with van der Waals surface area (Å²) in [4.78, 5) is 33.0. The van der Waals surface area contributed by atoms with Crippen molar-refractivity contribution in [3.8, 4) is 0 Å². The summed E-state index contributed by atoms with van der Waals surface area (Å²) in [6, 6.07) is 3.76. The number of anilines is 1. The maximum absolute atomic E-state index is 12.8. The number of carbonyl (C=O) groups excluding carboxylic acids is 1. The number of aromatic nitrogens is 3. The number of nitrogens with zero attached hydrogens (tertiary/aromatic N) is 4. The van der Waals surface area contributed by atoms with Gasteiger partial charge in [-0.25, -0.2) is 4.98 Å². The predicted molar refractivity (Wildman–Crippen MR) is 114 cm³/mol. The van der Waals surface area contributed by atoms with Crippen LogP contribution in [0.15, 0.2) is 27.6 Å². The summed E-state index contributed by atoms with van der Waals surface area (Å²) in [5.74, 6) is 0.856. The van der Waals surface area contributed by atoms with E-state index in [2.05, 4.69) is 15.3 Å². The van der Waals surface area contributed by atoms with E-state index in [1.165, 1.54) is 15.9 Å². The number of fused-ring (bicyclic) bond motifs is 2. The molecule has 0 unspecified atom stereocenters. The lowest BCUT2D eigenvalue weighted by Crippen LogP contribution is -2.43. The van der Waals surface area contributed by atoms with Crippen molar-refractivity contribution in [3.63, 3.8) is 0 Å². The maximum Gasteiger partial charge on any atom is 0.278 e. The quantitative estimate of drug-likeness (QED) is 0.671. The number of hydrogen-bond donors (Lipinski definition) is 1. The van der Waals surface area contributed by atoms with E-state index in [0.29, 0.717) is 24.5 Å². The van der Waals surface area contributed by atoms with E-state index in [0.717, 1.165) is 67.2 Å². The van der Waals surface area contributed by atoms with Crippen LogP contribution in [0.1, 0.15) is 42.7 Å². The molecule has 1 amide bonds. The highest BCUT2D eigenvalue weighted by atomic mass is 32.1. The molecule has 3 aromatic rings. The third-order valence-corrected chi connectivity index (χ3v) is 6.95. The van der Waals surface area contributed by atoms with E-state index >= 15 is 0 Å². The van der Waals surface area contributed by atoms with Gasteiger partial charge in [0, 0.05) is 31.6 Å². The first-order valence-corrected chi connectivity index (χ1v) is 11.5. The summed E-state index contributed by atoms with van der Waals surface area (Å²) in [6.45, 7) is 2.01. The van der Waals surface area contributed by atoms with E-state index in [1.807, 2.05) is 12.1 Å². The molecule has 1 aliphatic carbocycles. The van der Waals surface area contributed by atoms with Gasteiger partial charge in [-0.2, -0.15) is 4.52 Å². The Balaban J connectivity index is 1.28. The molecule has 1 aliphatic heterocycles. The van der Waals surface area contributed by atoms with Crippen LogP contribution in [0.5, 0.6) is 0 Å². The molecule has 0 aromatic carbocycles. The zero-order chi connectivity index (χ0) is 20.5. The van der Waals surface area contributed by atoms with E-state index in [9.17, 15) is 9.59 Å². The van der Waals surface area contributed by atoms with Crippen molar-refractivity contribution in [3.05, 3.63) is 45.8 Å². The van der Waals surface area contributed by atoms with Gasteiger partial charge in [0.1, 0.15) is 5.76 Å². The number of rotatable bonds is 5. The molecule has 8 nitrogen and oxygen atoms in total. The topological polar surface area (TPSA) is 92.7 Å². The molecule has 1 N–H and O–H groups in total. The molecule has 0 saturated carbocycles. The van der Waals surface area contributed by atoms with Gasteiger partial charge in [-0.05, 0) is 50.7 Å². The molecule has 3 aromatic heterocycles. The van der Waals surface area contributed by atoms with Crippen LogP contribution in [-0.4, -0.2) is 40.1 Å². The number of piperidine rings is 1. The lowest BCUT2D eigenvalue weighted by Gasteiger charge is -2.31. The van der Waals surface area contributed by atoms with Gasteiger partial charge in [0.2, 0.25) is 16.0 Å². The van der Waals surface area contributed by atoms with Crippen LogP contribution in [0.4, 0.5) is 5.13 Å². The summed E-state index contributed by atoms with van der Waals surface area (Å²) in [7, 11) is 0. The highest BCUT2D eigenvalue weighted by Crippen LogP contribution is 2.28. The monoisotopic (exact) mass is 427 g/mol. The maximum atomic E-state index is 12.8. The van der Waals surface area contributed by atoms with Crippen LogP contribution in [0.25, 0.3) is 4.96 Å². The lowest BCUT2D eigenvalue weighted by atomic mass is 9.97. The van der Waals surface area contributed by atoms with Crippen LogP contribution in [0, 0.1) is 5.92 Å². The van der Waals surface area contributed by atoms with Crippen molar-refractivity contribution in [2.45, 2.75) is 44.9 Å². The van der Waals surface area contributed by atoms with Gasteiger partial charge >= 0.3 is 0 Å². The first-order chi connectivity index (χ1) is 14.7. The number of aryl methyl sites for hydroxylation is 1. The fourth-order valence-corrected chi connectivity index (χ4v) is 5.31. The molecule has 2 aliphatic rings. The van der Waals surface area contributed by atoms with Crippen molar-refractivity contribution < 1.29 is 9.21 Å². The van der Waals surface area contributed by atoms with Crippen LogP contribution < -0.4 is 15.8 Å². The van der Waals surface area contributed by atoms with Crippen LogP contribution >= 0.6 is 11.3 Å². The second-order valence-electron chi connectivity index (χ2n) is 8.03. The Kier molecular flexibility index (Phi) is 5.28. The van der Waals surface area contributed by atoms with Crippen molar-refractivity contribution in [1.82, 2.24) is 19.9 Å². The fraction of sp³-hybridized carbons (Fsp3) is 0.524. The molecule has 1 saturated heterocycles. The minimum absolute atomic E-state index is 0.0265. The second kappa shape index (κ2) is 8.22. The molecule has 30 heavy (non-hydrogen) atoms. The Labute approximate surface area is 177 Å². The third-order valence-electron chi connectivity index (χ3n) is 5.98. The standard InChI is InChI=1S/C21H25N5O3S/c27-18(22-10-9-15-6-4-12-29-15)14-5-3-11-25(13-14)21-24-26-19(28)16-7-1-2-8-17(16)23-20(26)30-21/h4,6,12,14H,1-3,5,7-11,13H2,(H,22,27)/t14-/m0/s1. The van der Waals surface area contributed by atoms with E-state index in [-0.39, 0.29) is 17.4 Å². The molecule has 0 spiro atoms. The SMILES string of the molecule is O=C(NCCc1ccco1)[C@H]1CCCN(c2nn3c(=O)c4c(nc3s2)CCCC4)C1. The third kappa shape index (κ3) is 3.74. The average molecular weight is 428 g/mol. The smallest absolute Gasteiger partial charge is 0.278 e. The van der Waals surface area contributed by atoms with Gasteiger partial charge in [0.05, 0.1) is 17.9 Å². The molecular formula is C21H25N5O3S. The van der Waals surface area contributed by atoms with Crippen molar-refractivity contribution in [1.29, 1.82) is 0 Å². The second-order valence-corrected chi connectivity index (χ2v) is 8.97. The normalized spacial score (nSPS) is 19.1. The van der Waals surface area contributed by atoms with Gasteiger partial charge in [0.15, 0.2) is 0 Å². The Morgan fingerprint density at radius 3 is 3.07 bits per heavy atom. The molecular weight excluding hydrogens is 402 g/mol. The van der Waals surface area contributed by atoms with Crippen LogP contribution in [-0.2, 0) is 24.1 Å². The molecule has 1 atom stereocenters. The Hall–Kier alpha value is -2.68. The Bertz CT molecular complexity index is 1100. The van der Waals surface area contributed by atoms with Crippen molar-refractivity contribution in [2.24, 2.45) is 5.92 Å². The van der Waals surface area contributed by atoms with Gasteiger partial charge in [0.25, 0.3) is 5.56 Å². The summed E-state index contributed by atoms with van der Waals surface area (Å²) >= 11 is 1.44. The van der Waals surface area contributed by atoms with E-state index in [1.54, 1.807) is 6.26 Å². The van der Waals surface area contributed by atoms with Crippen LogP contribution in [0.2, 0.25) is 0 Å². The first-order valence-electron chi connectivity index (χ1n) is 10.7. The Morgan fingerprint density at radius 2 is 2.20 bits per heavy atom. The highest BCUT2D eigenvalue weighted by Gasteiger charge is 2.28. The molecule has 0 bridgehead atoms. The number of amides is 1. The van der Waals surface area contributed by atoms with E-state index < -0.39 is 0 Å². The largest absolute Gasteiger partial charge is 0.469 e. The molecule has 5 rings (SSSR count). The fourth-order valence-electron chi connectivity index (χ4n) is 4.36. The molecule has 9 heteroatoms. The van der Waals surface area contributed by atoms with Crippen molar-refractivity contribution >= 4 is 27.3 Å². The highest BCUT2D eigenvalue weighted by molar-refractivity contribution is 7.20. The summed E-state index contributed by atoms with van der Waals surface area (Å²) < 4.78 is 6.77. The van der Waals surface area contributed by atoms with Crippen molar-refractivity contribution in [2.75, 3.05) is 24.5 Å². The number of nitrogens with one attached hydrogen (secondary N) is 1. The molecule has 1 fully saturated rings. The predicted octanol–water partition coefficient (Wildman–Crippen LogP) is 2.20. The van der Waals surface area contributed by atoms with Crippen LogP contribution in [0.3, 0.4) is 0 Å². The minimum atomic E-state index is -0.0831. The van der Waals surface area contributed by atoms with E-state index in [4.69, 9.17) is 9.40 Å². The minimum Gasteiger partial charge on any atom is -0.469 e. The van der Waals surface area contributed by atoms with Gasteiger partial charge < -0.3 is 14.6 Å². The number of furan rings is 1.